The van der Waals surface area contributed by atoms with Crippen molar-refractivity contribution in [1.29, 1.82) is 0 Å². The first-order valence-corrected chi connectivity index (χ1v) is 15.5. The maximum Gasteiger partial charge on any atom is 0.233 e. The lowest BCUT2D eigenvalue weighted by molar-refractivity contribution is -0.140. The second kappa shape index (κ2) is 11.6. The average Bonchev–Trinajstić information content (AvgIpc) is 3.30. The minimum absolute atomic E-state index is 0.0807. The fourth-order valence-electron chi connectivity index (χ4n) is 7.50. The number of allylic oxidation sites excluding steroid dienone is 6. The summed E-state index contributed by atoms with van der Waals surface area (Å²) in [6, 6.07) is 21.3. The van der Waals surface area contributed by atoms with Gasteiger partial charge in [0.1, 0.15) is 23.9 Å². The molecule has 7 rings (SSSR count). The van der Waals surface area contributed by atoms with E-state index in [1.54, 1.807) is 43.3 Å². The molecule has 0 spiro atoms. The molecule has 4 unspecified atom stereocenters. The normalized spacial score (nSPS) is 23.9. The SMILES string of the molecule is CC1=CC(=O)C2=C(C1=O)C(c1ccc(OCc3ccccc3)cc1O)C1=CCC3C(=O)N(CCc4ccc(O)cc4)C(=O)C3C1C2. The van der Waals surface area contributed by atoms with E-state index < -0.39 is 23.7 Å². The van der Waals surface area contributed by atoms with Crippen LogP contribution in [0, 0.1) is 17.8 Å². The monoisotopic (exact) mass is 615 g/mol. The average molecular weight is 616 g/mol. The molecule has 1 saturated heterocycles. The molecule has 4 aliphatic rings. The van der Waals surface area contributed by atoms with Crippen LogP contribution in [0.1, 0.15) is 42.4 Å². The highest BCUT2D eigenvalue weighted by molar-refractivity contribution is 6.24. The largest absolute Gasteiger partial charge is 0.508 e. The van der Waals surface area contributed by atoms with E-state index in [9.17, 15) is 29.4 Å². The van der Waals surface area contributed by atoms with Crippen molar-refractivity contribution in [2.45, 2.75) is 38.7 Å². The van der Waals surface area contributed by atoms with Gasteiger partial charge in [-0.05, 0) is 67.5 Å². The van der Waals surface area contributed by atoms with Gasteiger partial charge in [0.05, 0.1) is 11.8 Å². The molecule has 46 heavy (non-hydrogen) atoms. The maximum absolute atomic E-state index is 14.0. The smallest absolute Gasteiger partial charge is 0.233 e. The number of aromatic hydroxyl groups is 2. The zero-order valence-electron chi connectivity index (χ0n) is 25.3. The lowest BCUT2D eigenvalue weighted by Crippen LogP contribution is -2.40. The van der Waals surface area contributed by atoms with Gasteiger partial charge in [-0.2, -0.15) is 0 Å². The summed E-state index contributed by atoms with van der Waals surface area (Å²) in [6.45, 7) is 2.13. The van der Waals surface area contributed by atoms with Gasteiger partial charge in [-0.15, -0.1) is 0 Å². The molecule has 0 saturated carbocycles. The lowest BCUT2D eigenvalue weighted by Gasteiger charge is -2.42. The van der Waals surface area contributed by atoms with E-state index in [0.717, 1.165) is 16.7 Å². The van der Waals surface area contributed by atoms with Gasteiger partial charge in [0.25, 0.3) is 0 Å². The third kappa shape index (κ3) is 5.04. The van der Waals surface area contributed by atoms with E-state index in [0.29, 0.717) is 47.5 Å². The molecule has 8 heteroatoms. The van der Waals surface area contributed by atoms with Crippen LogP contribution >= 0.6 is 0 Å². The van der Waals surface area contributed by atoms with Gasteiger partial charge in [0.15, 0.2) is 11.6 Å². The molecule has 0 aromatic heterocycles. The Morgan fingerprint density at radius 2 is 1.63 bits per heavy atom. The Bertz CT molecular complexity index is 1870. The summed E-state index contributed by atoms with van der Waals surface area (Å²) in [7, 11) is 0. The Hall–Kier alpha value is -5.24. The number of fused-ring (bicyclic) bond motifs is 3. The third-order valence-corrected chi connectivity index (χ3v) is 9.78. The molecule has 2 N–H and O–H groups in total. The zero-order chi connectivity index (χ0) is 32.1. The number of Topliss-reactive ketones (excluding diaryl/α,β-unsaturated/α-hetero) is 1. The Morgan fingerprint density at radius 3 is 2.37 bits per heavy atom. The van der Waals surface area contributed by atoms with Gasteiger partial charge >= 0.3 is 0 Å². The zero-order valence-corrected chi connectivity index (χ0v) is 25.3. The number of phenols is 2. The van der Waals surface area contributed by atoms with Crippen LogP contribution in [0.25, 0.3) is 0 Å². The highest BCUT2D eigenvalue weighted by Crippen LogP contribution is 2.56. The summed E-state index contributed by atoms with van der Waals surface area (Å²) in [5, 5.41) is 21.0. The van der Waals surface area contributed by atoms with Crippen molar-refractivity contribution < 1.29 is 34.1 Å². The second-order valence-electron chi connectivity index (χ2n) is 12.5. The van der Waals surface area contributed by atoms with Crippen molar-refractivity contribution in [1.82, 2.24) is 4.90 Å². The Morgan fingerprint density at radius 1 is 0.870 bits per heavy atom. The maximum atomic E-state index is 14.0. The van der Waals surface area contributed by atoms with Crippen LogP contribution in [0.3, 0.4) is 0 Å². The highest BCUT2D eigenvalue weighted by atomic mass is 16.5. The van der Waals surface area contributed by atoms with Crippen LogP contribution < -0.4 is 4.74 Å². The number of ketones is 2. The fourth-order valence-corrected chi connectivity index (χ4v) is 7.50. The molecule has 3 aromatic rings. The number of likely N-dealkylation sites (tertiary alicyclic amines) is 1. The summed E-state index contributed by atoms with van der Waals surface area (Å²) in [5.41, 5.74) is 4.10. The van der Waals surface area contributed by atoms with Crippen molar-refractivity contribution in [2.75, 3.05) is 6.54 Å². The van der Waals surface area contributed by atoms with Crippen molar-refractivity contribution >= 4 is 23.4 Å². The Kier molecular flexibility index (Phi) is 7.43. The summed E-state index contributed by atoms with van der Waals surface area (Å²) in [6.07, 6.45) is 4.24. The number of imide groups is 1. The molecule has 1 heterocycles. The van der Waals surface area contributed by atoms with Gasteiger partial charge in [0, 0.05) is 40.8 Å². The van der Waals surface area contributed by atoms with Crippen LogP contribution in [0.4, 0.5) is 0 Å². The van der Waals surface area contributed by atoms with Gasteiger partial charge in [-0.25, -0.2) is 0 Å². The van der Waals surface area contributed by atoms with Gasteiger partial charge in [-0.3, -0.25) is 24.1 Å². The third-order valence-electron chi connectivity index (χ3n) is 9.78. The number of amides is 2. The summed E-state index contributed by atoms with van der Waals surface area (Å²) in [5.74, 6) is -2.98. The molecule has 1 fully saturated rings. The molecule has 2 amide bonds. The quantitative estimate of drug-likeness (QED) is 0.209. The van der Waals surface area contributed by atoms with E-state index >= 15 is 0 Å². The van der Waals surface area contributed by atoms with Crippen LogP contribution in [0.5, 0.6) is 17.2 Å². The number of hydrogen-bond donors (Lipinski definition) is 2. The molecule has 3 aliphatic carbocycles. The van der Waals surface area contributed by atoms with Crippen LogP contribution in [0.15, 0.2) is 107 Å². The molecule has 8 nitrogen and oxygen atoms in total. The molecule has 1 aliphatic heterocycles. The molecule has 0 radical (unpaired) electrons. The fraction of sp³-hybridized carbons (Fsp3) is 0.263. The number of phenolic OH excluding ortho intramolecular Hbond substituents is 2. The lowest BCUT2D eigenvalue weighted by atomic mass is 9.59. The number of rotatable bonds is 7. The molecular weight excluding hydrogens is 582 g/mol. The topological polar surface area (TPSA) is 121 Å². The predicted molar refractivity (Wildman–Crippen MR) is 169 cm³/mol. The first kappa shape index (κ1) is 29.5. The van der Waals surface area contributed by atoms with E-state index in [4.69, 9.17) is 4.74 Å². The standard InChI is InChI=1S/C38H33NO7/c1-21-17-31(41)30-19-29-26(13-14-28-34(29)38(45)39(37(28)44)16-15-22-7-9-24(40)10-8-22)33(35(30)36(21)43)27-12-11-25(18-32(27)42)46-20-23-5-3-2-4-6-23/h2-13,17-18,28-29,33-34,40,42H,14-16,19-20H2,1H3. The van der Waals surface area contributed by atoms with Crippen LogP contribution in [-0.4, -0.2) is 45.0 Å². The Balaban J connectivity index is 1.22. The number of ether oxygens (including phenoxy) is 1. The van der Waals surface area contributed by atoms with Crippen LogP contribution in [-0.2, 0) is 32.2 Å². The van der Waals surface area contributed by atoms with Crippen molar-refractivity contribution in [3.8, 4) is 17.2 Å². The van der Waals surface area contributed by atoms with Crippen molar-refractivity contribution in [3.05, 3.63) is 124 Å². The van der Waals surface area contributed by atoms with E-state index in [2.05, 4.69) is 0 Å². The molecular formula is C38H33NO7. The van der Waals surface area contributed by atoms with Crippen molar-refractivity contribution in [3.63, 3.8) is 0 Å². The molecule has 3 aromatic carbocycles. The number of carbonyl (C=O) groups is 4. The van der Waals surface area contributed by atoms with Gasteiger partial charge in [-0.1, -0.05) is 60.2 Å². The van der Waals surface area contributed by atoms with Crippen LogP contribution in [0.2, 0.25) is 0 Å². The van der Waals surface area contributed by atoms with E-state index in [1.807, 2.05) is 36.4 Å². The minimum atomic E-state index is -0.744. The van der Waals surface area contributed by atoms with Gasteiger partial charge in [0.2, 0.25) is 11.8 Å². The summed E-state index contributed by atoms with van der Waals surface area (Å²) >= 11 is 0. The van der Waals surface area contributed by atoms with E-state index in [-0.39, 0.29) is 47.8 Å². The first-order chi connectivity index (χ1) is 22.2. The first-order valence-electron chi connectivity index (χ1n) is 15.5. The predicted octanol–water partition coefficient (Wildman–Crippen LogP) is 5.35. The summed E-state index contributed by atoms with van der Waals surface area (Å²) in [4.78, 5) is 56.0. The van der Waals surface area contributed by atoms with Gasteiger partial charge < -0.3 is 14.9 Å². The number of benzene rings is 3. The molecule has 232 valence electrons. The Labute approximate surface area is 266 Å². The number of carbonyl (C=O) groups excluding carboxylic acids is 4. The van der Waals surface area contributed by atoms with Crippen molar-refractivity contribution in [2.24, 2.45) is 17.8 Å². The second-order valence-corrected chi connectivity index (χ2v) is 12.5. The molecule has 0 bridgehead atoms. The number of nitrogens with zero attached hydrogens (tertiary/aromatic N) is 1. The molecule has 4 atom stereocenters. The highest BCUT2D eigenvalue weighted by Gasteiger charge is 2.56. The van der Waals surface area contributed by atoms with E-state index in [1.165, 1.54) is 17.0 Å². The minimum Gasteiger partial charge on any atom is -0.508 e. The number of hydrogen-bond acceptors (Lipinski definition) is 7. The summed E-state index contributed by atoms with van der Waals surface area (Å²) < 4.78 is 5.92.